The number of carbonyl (C=O) groups excluding carboxylic acids is 1. The average Bonchev–Trinajstić information content (AvgIpc) is 2.38. The van der Waals surface area contributed by atoms with Gasteiger partial charge >= 0.3 is 6.03 Å². The summed E-state index contributed by atoms with van der Waals surface area (Å²) in [6.45, 7) is 4.77. The lowest BCUT2D eigenvalue weighted by atomic mass is 10.1. The maximum atomic E-state index is 11.7. The molecule has 0 heterocycles. The molecular weight excluding hydrogens is 252 g/mol. The van der Waals surface area contributed by atoms with E-state index in [4.69, 9.17) is 5.11 Å². The number of aliphatic hydroxyl groups is 1. The number of aliphatic hydroxyl groups excluding tert-OH is 1. The molecule has 0 saturated heterocycles. The van der Waals surface area contributed by atoms with Crippen molar-refractivity contribution in [3.05, 3.63) is 29.3 Å². The van der Waals surface area contributed by atoms with Crippen LogP contribution in [0.2, 0.25) is 0 Å². The second kappa shape index (κ2) is 9.00. The van der Waals surface area contributed by atoms with Gasteiger partial charge in [0.15, 0.2) is 0 Å². The molecule has 0 radical (unpaired) electrons. The highest BCUT2D eigenvalue weighted by Crippen LogP contribution is 2.13. The highest BCUT2D eigenvalue weighted by atomic mass is 16.2. The number of carbonyl (C=O) groups is 1. The van der Waals surface area contributed by atoms with Gasteiger partial charge < -0.3 is 15.7 Å². The Balaban J connectivity index is 2.66. The molecule has 0 spiro atoms. The zero-order valence-electron chi connectivity index (χ0n) is 12.1. The van der Waals surface area contributed by atoms with Crippen LogP contribution in [0.4, 0.5) is 10.5 Å². The predicted molar refractivity (Wildman–Crippen MR) is 81.7 cm³/mol. The lowest BCUT2D eigenvalue weighted by Crippen LogP contribution is -2.29. The maximum absolute atomic E-state index is 11.7. The molecule has 2 amide bonds. The molecule has 4 nitrogen and oxygen atoms in total. The summed E-state index contributed by atoms with van der Waals surface area (Å²) in [6.07, 6.45) is 2.47. The second-order valence-electron chi connectivity index (χ2n) is 4.60. The maximum Gasteiger partial charge on any atom is 0.319 e. The fraction of sp³-hybridized carbons (Fsp3) is 0.438. The van der Waals surface area contributed by atoms with Crippen LogP contribution in [-0.4, -0.2) is 24.3 Å². The van der Waals surface area contributed by atoms with Gasteiger partial charge in [0.25, 0.3) is 0 Å². The molecular formula is C16H22N2O2. The summed E-state index contributed by atoms with van der Waals surface area (Å²) in [5.41, 5.74) is 2.60. The van der Waals surface area contributed by atoms with Crippen molar-refractivity contribution in [3.63, 3.8) is 0 Å². The second-order valence-corrected chi connectivity index (χ2v) is 4.60. The van der Waals surface area contributed by atoms with E-state index >= 15 is 0 Å². The highest BCUT2D eigenvalue weighted by molar-refractivity contribution is 5.89. The number of rotatable bonds is 5. The van der Waals surface area contributed by atoms with Crippen LogP contribution in [0.5, 0.6) is 0 Å². The zero-order chi connectivity index (χ0) is 14.8. The molecule has 0 aliphatic carbocycles. The van der Waals surface area contributed by atoms with E-state index in [0.717, 1.165) is 29.7 Å². The summed E-state index contributed by atoms with van der Waals surface area (Å²) in [6, 6.07) is 5.48. The number of aryl methyl sites for hydroxylation is 1. The fourth-order valence-electron chi connectivity index (χ4n) is 1.70. The number of hydrogen-bond acceptors (Lipinski definition) is 2. The van der Waals surface area contributed by atoms with Crippen molar-refractivity contribution in [2.75, 3.05) is 18.5 Å². The van der Waals surface area contributed by atoms with Gasteiger partial charge in [-0.2, -0.15) is 0 Å². The van der Waals surface area contributed by atoms with E-state index < -0.39 is 0 Å². The molecule has 0 aromatic heterocycles. The van der Waals surface area contributed by atoms with Crippen LogP contribution in [0, 0.1) is 18.8 Å². The van der Waals surface area contributed by atoms with Gasteiger partial charge in [0.2, 0.25) is 0 Å². The molecule has 0 saturated carbocycles. The summed E-state index contributed by atoms with van der Waals surface area (Å²) in [5.74, 6) is 5.84. The van der Waals surface area contributed by atoms with Gasteiger partial charge in [-0.05, 0) is 37.1 Å². The summed E-state index contributed by atoms with van der Waals surface area (Å²) in [7, 11) is 0. The lowest BCUT2D eigenvalue weighted by Gasteiger charge is -2.08. The Morgan fingerprint density at radius 1 is 1.35 bits per heavy atom. The van der Waals surface area contributed by atoms with Gasteiger partial charge in [0.05, 0.1) is 6.61 Å². The van der Waals surface area contributed by atoms with Crippen molar-refractivity contribution in [2.24, 2.45) is 0 Å². The van der Waals surface area contributed by atoms with Crippen LogP contribution in [0.15, 0.2) is 18.2 Å². The molecule has 4 heteroatoms. The standard InChI is InChI=1S/C16H22N2O2/c1-3-4-8-17-16(20)18-15-11-13(2)10-14(12-15)7-5-6-9-19/h10-12,19H,3-4,6,8-9H2,1-2H3,(H2,17,18,20). The number of benzene rings is 1. The van der Waals surface area contributed by atoms with E-state index in [1.165, 1.54) is 0 Å². The van der Waals surface area contributed by atoms with E-state index in [1.54, 1.807) is 0 Å². The smallest absolute Gasteiger partial charge is 0.319 e. The van der Waals surface area contributed by atoms with Crippen LogP contribution in [0.3, 0.4) is 0 Å². The Labute approximate surface area is 120 Å². The third-order valence-electron chi connectivity index (χ3n) is 2.62. The van der Waals surface area contributed by atoms with Crippen molar-refractivity contribution >= 4 is 11.7 Å². The molecule has 1 rings (SSSR count). The van der Waals surface area contributed by atoms with Crippen LogP contribution in [-0.2, 0) is 0 Å². The van der Waals surface area contributed by atoms with Crippen LogP contribution < -0.4 is 10.6 Å². The summed E-state index contributed by atoms with van der Waals surface area (Å²) in [4.78, 5) is 11.7. The average molecular weight is 274 g/mol. The van der Waals surface area contributed by atoms with Gasteiger partial charge in [0, 0.05) is 24.2 Å². The molecule has 1 aromatic rings. The van der Waals surface area contributed by atoms with E-state index in [-0.39, 0.29) is 12.6 Å². The van der Waals surface area contributed by atoms with Gasteiger partial charge in [-0.1, -0.05) is 25.2 Å². The van der Waals surface area contributed by atoms with Crippen molar-refractivity contribution < 1.29 is 9.90 Å². The third kappa shape index (κ3) is 6.26. The van der Waals surface area contributed by atoms with E-state index in [9.17, 15) is 4.79 Å². The summed E-state index contributed by atoms with van der Waals surface area (Å²) < 4.78 is 0. The third-order valence-corrected chi connectivity index (χ3v) is 2.62. The molecule has 3 N–H and O–H groups in total. The SMILES string of the molecule is CCCCNC(=O)Nc1cc(C)cc(C#CCCO)c1. The van der Waals surface area contributed by atoms with Crippen LogP contribution >= 0.6 is 0 Å². The van der Waals surface area contributed by atoms with E-state index in [2.05, 4.69) is 29.4 Å². The van der Waals surface area contributed by atoms with E-state index in [1.807, 2.05) is 25.1 Å². The van der Waals surface area contributed by atoms with Crippen molar-refractivity contribution in [2.45, 2.75) is 33.1 Å². The summed E-state index contributed by atoms with van der Waals surface area (Å²) >= 11 is 0. The van der Waals surface area contributed by atoms with Crippen molar-refractivity contribution in [1.29, 1.82) is 0 Å². The molecule has 0 bridgehead atoms. The Bertz CT molecular complexity index is 501. The number of unbranched alkanes of at least 4 members (excludes halogenated alkanes) is 1. The number of hydrogen-bond donors (Lipinski definition) is 3. The van der Waals surface area contributed by atoms with Gasteiger partial charge in [-0.15, -0.1) is 0 Å². The Hall–Kier alpha value is -1.99. The monoisotopic (exact) mass is 274 g/mol. The molecule has 0 atom stereocenters. The zero-order valence-corrected chi connectivity index (χ0v) is 12.1. The highest BCUT2D eigenvalue weighted by Gasteiger charge is 2.02. The predicted octanol–water partition coefficient (Wildman–Crippen LogP) is 2.65. The largest absolute Gasteiger partial charge is 0.395 e. The first-order valence-electron chi connectivity index (χ1n) is 6.92. The quantitative estimate of drug-likeness (QED) is 0.571. The summed E-state index contributed by atoms with van der Waals surface area (Å²) in [5, 5.41) is 14.3. The molecule has 0 fully saturated rings. The number of amides is 2. The topological polar surface area (TPSA) is 61.4 Å². The molecule has 108 valence electrons. The molecule has 0 aliphatic heterocycles. The Morgan fingerprint density at radius 3 is 2.85 bits per heavy atom. The molecule has 1 aromatic carbocycles. The first-order valence-corrected chi connectivity index (χ1v) is 6.92. The van der Waals surface area contributed by atoms with Gasteiger partial charge in [-0.3, -0.25) is 0 Å². The van der Waals surface area contributed by atoms with Gasteiger partial charge in [0.1, 0.15) is 0 Å². The van der Waals surface area contributed by atoms with Crippen LogP contribution in [0.25, 0.3) is 0 Å². The van der Waals surface area contributed by atoms with E-state index in [0.29, 0.717) is 13.0 Å². The fourth-order valence-corrected chi connectivity index (χ4v) is 1.70. The first-order chi connectivity index (χ1) is 9.65. The lowest BCUT2D eigenvalue weighted by molar-refractivity contribution is 0.252. The van der Waals surface area contributed by atoms with Gasteiger partial charge in [-0.25, -0.2) is 4.79 Å². The minimum atomic E-state index is -0.196. The molecule has 20 heavy (non-hydrogen) atoms. The number of nitrogens with one attached hydrogen (secondary N) is 2. The minimum absolute atomic E-state index is 0.0593. The number of anilines is 1. The normalized spacial score (nSPS) is 9.55. The molecule has 0 aliphatic rings. The first kappa shape index (κ1) is 16.1. The number of urea groups is 1. The minimum Gasteiger partial charge on any atom is -0.395 e. The van der Waals surface area contributed by atoms with Crippen molar-refractivity contribution in [1.82, 2.24) is 5.32 Å². The Morgan fingerprint density at radius 2 is 2.15 bits per heavy atom. The Kier molecular flexibility index (Phi) is 7.23. The molecule has 0 unspecified atom stereocenters. The van der Waals surface area contributed by atoms with Crippen LogP contribution in [0.1, 0.15) is 37.3 Å². The van der Waals surface area contributed by atoms with Crippen molar-refractivity contribution in [3.8, 4) is 11.8 Å².